The molecule has 124 valence electrons. The summed E-state index contributed by atoms with van der Waals surface area (Å²) in [5.41, 5.74) is 2.32. The molecule has 5 heteroatoms. The van der Waals surface area contributed by atoms with E-state index in [1.165, 1.54) is 32.1 Å². The van der Waals surface area contributed by atoms with E-state index in [1.54, 1.807) is 11.3 Å². The number of hydrogen-bond acceptors (Lipinski definition) is 3. The number of carbonyl (C=O) groups is 1. The van der Waals surface area contributed by atoms with Crippen LogP contribution >= 0.6 is 0 Å². The SMILES string of the molecule is CCc1ccc(OCC2CCCCC2)c2nc(C)c(C(=O)O)n12. The van der Waals surface area contributed by atoms with Crippen molar-refractivity contribution in [3.63, 3.8) is 0 Å². The van der Waals surface area contributed by atoms with Crippen molar-refractivity contribution >= 4 is 11.6 Å². The van der Waals surface area contributed by atoms with Crippen molar-refractivity contribution in [1.82, 2.24) is 9.38 Å². The van der Waals surface area contributed by atoms with Crippen molar-refractivity contribution in [2.24, 2.45) is 5.92 Å². The van der Waals surface area contributed by atoms with Crippen molar-refractivity contribution in [3.8, 4) is 5.75 Å². The number of carboxylic acids is 1. The number of rotatable bonds is 5. The number of ether oxygens (including phenoxy) is 1. The summed E-state index contributed by atoms with van der Waals surface area (Å²) in [6.45, 7) is 4.44. The third-order valence-corrected chi connectivity index (χ3v) is 4.75. The number of aromatic carboxylic acids is 1. The van der Waals surface area contributed by atoms with Crippen molar-refractivity contribution in [3.05, 3.63) is 29.2 Å². The Kier molecular flexibility index (Phi) is 4.55. The molecule has 1 aliphatic rings. The van der Waals surface area contributed by atoms with E-state index in [9.17, 15) is 9.90 Å². The van der Waals surface area contributed by atoms with Crippen LogP contribution in [0.5, 0.6) is 5.75 Å². The molecular weight excluding hydrogens is 292 g/mol. The molecule has 2 aromatic heterocycles. The molecule has 1 fully saturated rings. The molecule has 0 aliphatic heterocycles. The predicted molar refractivity (Wildman–Crippen MR) is 88.3 cm³/mol. The summed E-state index contributed by atoms with van der Waals surface area (Å²) in [4.78, 5) is 16.0. The van der Waals surface area contributed by atoms with Gasteiger partial charge in [0.2, 0.25) is 0 Å². The van der Waals surface area contributed by atoms with Crippen LogP contribution in [0.3, 0.4) is 0 Å². The van der Waals surface area contributed by atoms with Crippen LogP contribution in [0, 0.1) is 12.8 Å². The van der Waals surface area contributed by atoms with E-state index in [1.807, 2.05) is 19.1 Å². The molecule has 2 aromatic rings. The van der Waals surface area contributed by atoms with Gasteiger partial charge in [0.15, 0.2) is 17.1 Å². The number of carboxylic acid groups (broad SMARTS) is 1. The number of imidazole rings is 1. The maximum absolute atomic E-state index is 11.6. The first-order valence-electron chi connectivity index (χ1n) is 8.48. The van der Waals surface area contributed by atoms with Crippen LogP contribution in [0.1, 0.15) is 60.9 Å². The first-order valence-corrected chi connectivity index (χ1v) is 8.48. The van der Waals surface area contributed by atoms with Gasteiger partial charge in [-0.15, -0.1) is 0 Å². The lowest BCUT2D eigenvalue weighted by Gasteiger charge is -2.22. The van der Waals surface area contributed by atoms with Crippen LogP contribution in [-0.2, 0) is 6.42 Å². The molecule has 1 aliphatic carbocycles. The second kappa shape index (κ2) is 6.60. The lowest BCUT2D eigenvalue weighted by atomic mass is 9.90. The van der Waals surface area contributed by atoms with Crippen LogP contribution in [0.15, 0.2) is 12.1 Å². The fraction of sp³-hybridized carbons (Fsp3) is 0.556. The van der Waals surface area contributed by atoms with Gasteiger partial charge in [-0.25, -0.2) is 9.78 Å². The fourth-order valence-corrected chi connectivity index (χ4v) is 3.50. The van der Waals surface area contributed by atoms with Crippen LogP contribution in [0.2, 0.25) is 0 Å². The summed E-state index contributed by atoms with van der Waals surface area (Å²) in [7, 11) is 0. The van der Waals surface area contributed by atoms with Gasteiger partial charge >= 0.3 is 5.97 Å². The molecule has 0 saturated heterocycles. The summed E-state index contributed by atoms with van der Waals surface area (Å²) in [5, 5.41) is 9.50. The van der Waals surface area contributed by atoms with Gasteiger partial charge in [0.05, 0.1) is 12.3 Å². The molecule has 0 spiro atoms. The molecule has 1 N–H and O–H groups in total. The lowest BCUT2D eigenvalue weighted by molar-refractivity contribution is 0.0688. The molecule has 0 radical (unpaired) electrons. The van der Waals surface area contributed by atoms with Gasteiger partial charge < -0.3 is 9.84 Å². The Morgan fingerprint density at radius 1 is 1.35 bits per heavy atom. The van der Waals surface area contributed by atoms with Gasteiger partial charge in [0.1, 0.15) is 0 Å². The minimum atomic E-state index is -0.950. The van der Waals surface area contributed by atoms with E-state index < -0.39 is 5.97 Å². The molecule has 3 rings (SSSR count). The lowest BCUT2D eigenvalue weighted by Crippen LogP contribution is -2.16. The smallest absolute Gasteiger partial charge is 0.354 e. The number of nitrogens with zero attached hydrogens (tertiary/aromatic N) is 2. The van der Waals surface area contributed by atoms with Gasteiger partial charge in [0, 0.05) is 5.69 Å². The first kappa shape index (κ1) is 15.8. The minimum absolute atomic E-state index is 0.236. The summed E-state index contributed by atoms with van der Waals surface area (Å²) in [6, 6.07) is 3.87. The quantitative estimate of drug-likeness (QED) is 0.909. The average Bonchev–Trinajstić information content (AvgIpc) is 2.91. The van der Waals surface area contributed by atoms with Crippen LogP contribution < -0.4 is 4.74 Å². The van der Waals surface area contributed by atoms with E-state index in [0.717, 1.165) is 12.1 Å². The van der Waals surface area contributed by atoms with Crippen molar-refractivity contribution in [2.75, 3.05) is 6.61 Å². The predicted octanol–water partition coefficient (Wildman–Crippen LogP) is 3.86. The summed E-state index contributed by atoms with van der Waals surface area (Å²) in [5.74, 6) is 0.335. The first-order chi connectivity index (χ1) is 11.1. The van der Waals surface area contributed by atoms with Gasteiger partial charge in [-0.05, 0) is 44.2 Å². The highest BCUT2D eigenvalue weighted by Crippen LogP contribution is 2.28. The van der Waals surface area contributed by atoms with Crippen molar-refractivity contribution in [1.29, 1.82) is 0 Å². The Bertz CT molecular complexity index is 715. The van der Waals surface area contributed by atoms with Crippen LogP contribution in [-0.4, -0.2) is 27.1 Å². The maximum atomic E-state index is 11.6. The number of hydrogen-bond donors (Lipinski definition) is 1. The Hall–Kier alpha value is -2.04. The summed E-state index contributed by atoms with van der Waals surface area (Å²) in [6.07, 6.45) is 7.07. The van der Waals surface area contributed by atoms with Gasteiger partial charge in [-0.1, -0.05) is 26.2 Å². The van der Waals surface area contributed by atoms with Crippen molar-refractivity contribution in [2.45, 2.75) is 52.4 Å². The largest absolute Gasteiger partial charge is 0.489 e. The highest BCUT2D eigenvalue weighted by molar-refractivity contribution is 5.89. The Morgan fingerprint density at radius 3 is 2.74 bits per heavy atom. The van der Waals surface area contributed by atoms with Crippen molar-refractivity contribution < 1.29 is 14.6 Å². The van der Waals surface area contributed by atoms with E-state index in [2.05, 4.69) is 4.98 Å². The minimum Gasteiger partial charge on any atom is -0.489 e. The molecule has 2 heterocycles. The van der Waals surface area contributed by atoms with E-state index >= 15 is 0 Å². The summed E-state index contributed by atoms with van der Waals surface area (Å²) < 4.78 is 7.76. The summed E-state index contributed by atoms with van der Waals surface area (Å²) >= 11 is 0. The molecule has 0 aromatic carbocycles. The van der Waals surface area contributed by atoms with Gasteiger partial charge in [-0.2, -0.15) is 0 Å². The number of fused-ring (bicyclic) bond motifs is 1. The van der Waals surface area contributed by atoms with E-state index in [4.69, 9.17) is 4.74 Å². The standard InChI is InChI=1S/C18H24N2O3/c1-3-14-9-10-15(23-11-13-7-5-4-6-8-13)17-19-12(2)16(18(21)22)20(14)17/h9-10,13H,3-8,11H2,1-2H3,(H,21,22). The van der Waals surface area contributed by atoms with E-state index in [0.29, 0.717) is 29.6 Å². The van der Waals surface area contributed by atoms with E-state index in [-0.39, 0.29) is 5.69 Å². The molecule has 0 unspecified atom stereocenters. The fourth-order valence-electron chi connectivity index (χ4n) is 3.50. The van der Waals surface area contributed by atoms with Gasteiger partial charge in [-0.3, -0.25) is 4.40 Å². The van der Waals surface area contributed by atoms with Crippen LogP contribution in [0.25, 0.3) is 5.65 Å². The highest BCUT2D eigenvalue weighted by Gasteiger charge is 2.21. The zero-order valence-corrected chi connectivity index (χ0v) is 13.8. The Morgan fingerprint density at radius 2 is 2.09 bits per heavy atom. The molecule has 23 heavy (non-hydrogen) atoms. The molecule has 0 amide bonds. The molecular formula is C18H24N2O3. The third-order valence-electron chi connectivity index (χ3n) is 4.75. The third kappa shape index (κ3) is 3.05. The highest BCUT2D eigenvalue weighted by atomic mass is 16.5. The molecule has 0 atom stereocenters. The average molecular weight is 316 g/mol. The van der Waals surface area contributed by atoms with Crippen LogP contribution in [0.4, 0.5) is 0 Å². The Labute approximate surface area is 136 Å². The monoisotopic (exact) mass is 316 g/mol. The topological polar surface area (TPSA) is 63.8 Å². The normalized spacial score (nSPS) is 15.9. The zero-order valence-electron chi connectivity index (χ0n) is 13.8. The number of aryl methyl sites for hydroxylation is 2. The maximum Gasteiger partial charge on any atom is 0.354 e. The molecule has 1 saturated carbocycles. The number of pyridine rings is 1. The zero-order chi connectivity index (χ0) is 16.4. The van der Waals surface area contributed by atoms with Gasteiger partial charge in [0.25, 0.3) is 0 Å². The Balaban J connectivity index is 1.94. The second-order valence-electron chi connectivity index (χ2n) is 6.37. The second-order valence-corrected chi connectivity index (χ2v) is 6.37. The number of aromatic nitrogens is 2. The molecule has 5 nitrogen and oxygen atoms in total. The molecule has 0 bridgehead atoms.